The van der Waals surface area contributed by atoms with Crippen molar-refractivity contribution in [3.05, 3.63) is 51.5 Å². The van der Waals surface area contributed by atoms with Crippen molar-refractivity contribution in [1.29, 1.82) is 0 Å². The van der Waals surface area contributed by atoms with Crippen LogP contribution in [0.4, 0.5) is 5.13 Å². The van der Waals surface area contributed by atoms with Crippen molar-refractivity contribution in [2.75, 3.05) is 25.5 Å². The van der Waals surface area contributed by atoms with Gasteiger partial charge in [0.1, 0.15) is 10.9 Å². The summed E-state index contributed by atoms with van der Waals surface area (Å²) >= 11 is 7.52. The van der Waals surface area contributed by atoms with Crippen molar-refractivity contribution in [3.63, 3.8) is 0 Å². The Morgan fingerprint density at radius 2 is 2.03 bits per heavy atom. The number of halogens is 1. The molecule has 35 heavy (non-hydrogen) atoms. The number of aliphatic hydroxyl groups excluding tert-OH is 1. The molecule has 3 aromatic heterocycles. The molecule has 1 aliphatic heterocycles. The molecule has 3 aromatic rings. The van der Waals surface area contributed by atoms with Crippen LogP contribution in [0.3, 0.4) is 0 Å². The summed E-state index contributed by atoms with van der Waals surface area (Å²) < 4.78 is 5.44. The van der Waals surface area contributed by atoms with E-state index in [2.05, 4.69) is 20.3 Å². The predicted molar refractivity (Wildman–Crippen MR) is 132 cm³/mol. The third kappa shape index (κ3) is 4.73. The minimum absolute atomic E-state index is 0.0836. The number of aryl methyl sites for hydroxylation is 2. The second-order valence-corrected chi connectivity index (χ2v) is 10.2. The number of ether oxygens (including phenoxy) is 1. The smallest absolute Gasteiger partial charge is 0.259 e. The number of nitrogens with one attached hydrogen (secondary N) is 1. The molecule has 0 saturated carbocycles. The van der Waals surface area contributed by atoms with E-state index in [0.29, 0.717) is 59.9 Å². The number of carbonyl (C=O) groups is 2. The van der Waals surface area contributed by atoms with Crippen molar-refractivity contribution < 1.29 is 19.4 Å². The van der Waals surface area contributed by atoms with Crippen molar-refractivity contribution in [3.8, 4) is 16.9 Å². The van der Waals surface area contributed by atoms with Crippen LogP contribution in [0.15, 0.2) is 24.5 Å². The molecule has 2 amide bonds. The number of nitrogens with zero attached hydrogens (tertiary/aromatic N) is 4. The largest absolute Gasteiger partial charge is 0.494 e. The highest BCUT2D eigenvalue weighted by molar-refractivity contribution is 7.15. The average Bonchev–Trinajstić information content (AvgIpc) is 3.22. The van der Waals surface area contributed by atoms with E-state index in [1.807, 2.05) is 6.92 Å². The predicted octanol–water partition coefficient (Wildman–Crippen LogP) is 3.13. The summed E-state index contributed by atoms with van der Waals surface area (Å²) in [4.78, 5) is 41.7. The van der Waals surface area contributed by atoms with E-state index in [4.69, 9.17) is 16.3 Å². The fourth-order valence-electron chi connectivity index (χ4n) is 4.45. The van der Waals surface area contributed by atoms with Gasteiger partial charge in [0.25, 0.3) is 5.91 Å². The van der Waals surface area contributed by atoms with Crippen LogP contribution in [0.1, 0.15) is 33.0 Å². The molecule has 182 valence electrons. The molecule has 1 saturated heterocycles. The third-order valence-corrected chi connectivity index (χ3v) is 7.55. The van der Waals surface area contributed by atoms with E-state index in [9.17, 15) is 14.7 Å². The lowest BCUT2D eigenvalue weighted by atomic mass is 9.89. The molecule has 9 nitrogen and oxygen atoms in total. The summed E-state index contributed by atoms with van der Waals surface area (Å²) in [5.41, 5.74) is 3.28. The van der Waals surface area contributed by atoms with Crippen molar-refractivity contribution in [1.82, 2.24) is 19.9 Å². The number of aromatic nitrogens is 3. The van der Waals surface area contributed by atoms with Gasteiger partial charge in [0.15, 0.2) is 5.13 Å². The van der Waals surface area contributed by atoms with E-state index in [-0.39, 0.29) is 22.9 Å². The van der Waals surface area contributed by atoms with Crippen LogP contribution >= 0.6 is 22.9 Å². The summed E-state index contributed by atoms with van der Waals surface area (Å²) in [6, 6.07) is 3.46. The number of hydrogen-bond donors (Lipinski definition) is 2. The number of rotatable bonds is 5. The molecule has 0 unspecified atom stereocenters. The van der Waals surface area contributed by atoms with E-state index in [1.54, 1.807) is 17.0 Å². The second kappa shape index (κ2) is 9.52. The molecule has 4 heterocycles. The molecule has 5 rings (SSSR count). The number of methoxy groups -OCH3 is 1. The van der Waals surface area contributed by atoms with Crippen LogP contribution < -0.4 is 10.1 Å². The molecular formula is C24H24ClN5O4S. The SMILES string of the molecule is COc1cnc(Cl)cc1-c1cc(C)ncc1C(=O)Nc1nc2c(s1)C[C@@H](C(=O)N1CC(O)C1)CC2. The lowest BCUT2D eigenvalue weighted by Gasteiger charge is -2.38. The number of carbonyl (C=O) groups excluding carboxylic acids is 2. The summed E-state index contributed by atoms with van der Waals surface area (Å²) in [7, 11) is 1.53. The number of amides is 2. The first-order valence-electron chi connectivity index (χ1n) is 11.3. The number of hydrogen-bond acceptors (Lipinski definition) is 8. The van der Waals surface area contributed by atoms with Gasteiger partial charge in [0.05, 0.1) is 30.7 Å². The zero-order valence-electron chi connectivity index (χ0n) is 19.2. The Morgan fingerprint density at radius 1 is 1.23 bits per heavy atom. The average molecular weight is 514 g/mol. The lowest BCUT2D eigenvalue weighted by Crippen LogP contribution is -2.55. The van der Waals surface area contributed by atoms with E-state index >= 15 is 0 Å². The van der Waals surface area contributed by atoms with E-state index in [0.717, 1.165) is 16.3 Å². The first-order chi connectivity index (χ1) is 16.8. The van der Waals surface area contributed by atoms with Crippen molar-refractivity contribution >= 4 is 39.9 Å². The zero-order chi connectivity index (χ0) is 24.7. The quantitative estimate of drug-likeness (QED) is 0.503. The monoisotopic (exact) mass is 513 g/mol. The Morgan fingerprint density at radius 3 is 2.77 bits per heavy atom. The molecular weight excluding hydrogens is 490 g/mol. The van der Waals surface area contributed by atoms with Gasteiger partial charge in [-0.25, -0.2) is 9.97 Å². The molecule has 0 aromatic carbocycles. The first-order valence-corrected chi connectivity index (χ1v) is 12.4. The van der Waals surface area contributed by atoms with Gasteiger partial charge in [-0.2, -0.15) is 0 Å². The number of anilines is 1. The van der Waals surface area contributed by atoms with Gasteiger partial charge >= 0.3 is 0 Å². The lowest BCUT2D eigenvalue weighted by molar-refractivity contribution is -0.146. The van der Waals surface area contributed by atoms with Crippen molar-refractivity contribution in [2.24, 2.45) is 5.92 Å². The zero-order valence-corrected chi connectivity index (χ0v) is 20.8. The van der Waals surface area contributed by atoms with Crippen LogP contribution in [0.5, 0.6) is 5.75 Å². The maximum atomic E-state index is 13.3. The number of aliphatic hydroxyl groups is 1. The molecule has 0 spiro atoms. The van der Waals surface area contributed by atoms with Gasteiger partial charge in [0, 0.05) is 46.9 Å². The molecule has 0 bridgehead atoms. The standard InChI is InChI=1S/C24H24ClN5O4S/c1-12-5-15(16-7-21(25)27-9-19(16)34-2)17(8-26-12)22(32)29-24-28-18-4-3-13(6-20(18)35-24)23(33)30-10-14(31)11-30/h5,7-9,13-14,31H,3-4,6,10-11H2,1-2H3,(H,28,29,32)/t13-/m0/s1. The Balaban J connectivity index is 1.37. The topological polar surface area (TPSA) is 118 Å². The van der Waals surface area contributed by atoms with Crippen LogP contribution in [0.2, 0.25) is 5.15 Å². The van der Waals surface area contributed by atoms with Crippen molar-refractivity contribution in [2.45, 2.75) is 32.3 Å². The second-order valence-electron chi connectivity index (χ2n) is 8.76. The highest BCUT2D eigenvalue weighted by atomic mass is 35.5. The minimum atomic E-state index is -0.410. The molecule has 0 radical (unpaired) electrons. The third-order valence-electron chi connectivity index (χ3n) is 6.31. The normalized spacial score (nSPS) is 17.5. The molecule has 2 aliphatic rings. The molecule has 2 N–H and O–H groups in total. The number of β-amino-alcohol motifs (C(OH)–C–C–N with tert-alkyl or cyclic N) is 1. The highest BCUT2D eigenvalue weighted by Gasteiger charge is 2.36. The molecule has 1 fully saturated rings. The first kappa shape index (κ1) is 23.7. The fourth-order valence-corrected chi connectivity index (χ4v) is 5.69. The summed E-state index contributed by atoms with van der Waals surface area (Å²) in [5.74, 6) is 0.107. The summed E-state index contributed by atoms with van der Waals surface area (Å²) in [6.07, 6.45) is 4.62. The maximum absolute atomic E-state index is 13.3. The van der Waals surface area contributed by atoms with Gasteiger partial charge in [-0.15, -0.1) is 11.3 Å². The summed E-state index contributed by atoms with van der Waals surface area (Å²) in [6.45, 7) is 2.66. The van der Waals surface area contributed by atoms with Crippen LogP contribution in [-0.4, -0.2) is 63.1 Å². The fraction of sp³-hybridized carbons (Fsp3) is 0.375. The summed E-state index contributed by atoms with van der Waals surface area (Å²) in [5, 5.41) is 13.2. The Labute approximate surface area is 211 Å². The van der Waals surface area contributed by atoms with Crippen LogP contribution in [-0.2, 0) is 17.6 Å². The Kier molecular flexibility index (Phi) is 6.43. The van der Waals surface area contributed by atoms with Gasteiger partial charge in [0.2, 0.25) is 5.91 Å². The van der Waals surface area contributed by atoms with Gasteiger partial charge in [-0.05, 0) is 38.3 Å². The molecule has 11 heteroatoms. The number of fused-ring (bicyclic) bond motifs is 1. The Bertz CT molecular complexity index is 1310. The number of thiazole rings is 1. The highest BCUT2D eigenvalue weighted by Crippen LogP contribution is 2.36. The maximum Gasteiger partial charge on any atom is 0.259 e. The van der Waals surface area contributed by atoms with Crippen LogP contribution in [0, 0.1) is 12.8 Å². The molecule has 1 atom stereocenters. The minimum Gasteiger partial charge on any atom is -0.494 e. The molecule has 1 aliphatic carbocycles. The van der Waals surface area contributed by atoms with Gasteiger partial charge in [-0.1, -0.05) is 11.6 Å². The Hall–Kier alpha value is -3.08. The van der Waals surface area contributed by atoms with E-state index < -0.39 is 6.10 Å². The van der Waals surface area contributed by atoms with E-state index in [1.165, 1.54) is 30.8 Å². The van der Waals surface area contributed by atoms with Crippen LogP contribution in [0.25, 0.3) is 11.1 Å². The number of likely N-dealkylation sites (tertiary alicyclic amines) is 1. The van der Waals surface area contributed by atoms with Gasteiger partial charge < -0.3 is 14.7 Å². The van der Waals surface area contributed by atoms with Gasteiger partial charge in [-0.3, -0.25) is 19.9 Å². The number of pyridine rings is 2.